The third-order valence-corrected chi connectivity index (χ3v) is 3.74. The molecule has 0 fully saturated rings. The largest absolute Gasteiger partial charge is 0.396 e. The van der Waals surface area contributed by atoms with Crippen LogP contribution in [0.25, 0.3) is 0 Å². The SMILES string of the molecule is CCNC(C)c1ccc(SC(C)CCO)cn1. The maximum atomic E-state index is 8.85. The van der Waals surface area contributed by atoms with Gasteiger partial charge in [-0.3, -0.25) is 4.98 Å². The lowest BCUT2D eigenvalue weighted by molar-refractivity contribution is 0.289. The van der Waals surface area contributed by atoms with Gasteiger partial charge in [0.05, 0.1) is 5.69 Å². The molecule has 0 aliphatic carbocycles. The fourth-order valence-corrected chi connectivity index (χ4v) is 2.55. The van der Waals surface area contributed by atoms with E-state index in [0.717, 1.165) is 18.7 Å². The van der Waals surface area contributed by atoms with Gasteiger partial charge in [0.25, 0.3) is 0 Å². The predicted molar refractivity (Wildman–Crippen MR) is 73.4 cm³/mol. The molecule has 0 saturated heterocycles. The van der Waals surface area contributed by atoms with Gasteiger partial charge in [0, 0.05) is 29.0 Å². The van der Waals surface area contributed by atoms with Crippen molar-refractivity contribution in [2.24, 2.45) is 0 Å². The number of rotatable bonds is 7. The minimum absolute atomic E-state index is 0.247. The molecule has 3 nitrogen and oxygen atoms in total. The van der Waals surface area contributed by atoms with Crippen molar-refractivity contribution in [2.45, 2.75) is 43.4 Å². The van der Waals surface area contributed by atoms with E-state index in [9.17, 15) is 0 Å². The number of nitrogens with zero attached hydrogens (tertiary/aromatic N) is 1. The summed E-state index contributed by atoms with van der Waals surface area (Å²) in [5.41, 5.74) is 1.08. The van der Waals surface area contributed by atoms with Crippen LogP contribution in [0.2, 0.25) is 0 Å². The summed E-state index contributed by atoms with van der Waals surface area (Å²) in [5, 5.41) is 12.6. The molecule has 0 amide bonds. The van der Waals surface area contributed by atoms with E-state index in [1.807, 2.05) is 6.20 Å². The van der Waals surface area contributed by atoms with Gasteiger partial charge in [-0.15, -0.1) is 11.8 Å². The highest BCUT2D eigenvalue weighted by atomic mass is 32.2. The number of hydrogen-bond donors (Lipinski definition) is 2. The van der Waals surface area contributed by atoms with Gasteiger partial charge in [-0.25, -0.2) is 0 Å². The van der Waals surface area contributed by atoms with Gasteiger partial charge in [-0.05, 0) is 32.0 Å². The zero-order chi connectivity index (χ0) is 12.7. The number of thioether (sulfide) groups is 1. The van der Waals surface area contributed by atoms with Crippen LogP contribution in [0.4, 0.5) is 0 Å². The van der Waals surface area contributed by atoms with Crippen molar-refractivity contribution in [1.82, 2.24) is 10.3 Å². The van der Waals surface area contributed by atoms with E-state index in [2.05, 4.69) is 43.2 Å². The predicted octanol–water partition coefficient (Wildman–Crippen LogP) is 2.62. The molecule has 0 spiro atoms. The maximum absolute atomic E-state index is 8.85. The van der Waals surface area contributed by atoms with Crippen LogP contribution in [0, 0.1) is 0 Å². The van der Waals surface area contributed by atoms with E-state index in [-0.39, 0.29) is 6.61 Å². The Morgan fingerprint density at radius 3 is 2.71 bits per heavy atom. The number of pyridine rings is 1. The fourth-order valence-electron chi connectivity index (χ4n) is 1.60. The van der Waals surface area contributed by atoms with Crippen LogP contribution >= 0.6 is 11.8 Å². The Morgan fingerprint density at radius 2 is 2.18 bits per heavy atom. The third-order valence-electron chi connectivity index (χ3n) is 2.59. The van der Waals surface area contributed by atoms with Gasteiger partial charge in [0.2, 0.25) is 0 Å². The first-order chi connectivity index (χ1) is 8.17. The lowest BCUT2D eigenvalue weighted by Gasteiger charge is -2.13. The second-order valence-corrected chi connectivity index (χ2v) is 5.65. The summed E-state index contributed by atoms with van der Waals surface area (Å²) in [7, 11) is 0. The molecule has 1 aromatic rings. The number of aromatic nitrogens is 1. The molecule has 2 N–H and O–H groups in total. The number of hydrogen-bond acceptors (Lipinski definition) is 4. The van der Waals surface area contributed by atoms with Crippen LogP contribution in [0.3, 0.4) is 0 Å². The average Bonchev–Trinajstić information content (AvgIpc) is 2.30. The summed E-state index contributed by atoms with van der Waals surface area (Å²) in [4.78, 5) is 5.63. The molecule has 0 radical (unpaired) electrons. The highest BCUT2D eigenvalue weighted by molar-refractivity contribution is 7.99. The highest BCUT2D eigenvalue weighted by Gasteiger charge is 2.07. The van der Waals surface area contributed by atoms with Gasteiger partial charge in [-0.2, -0.15) is 0 Å². The maximum Gasteiger partial charge on any atom is 0.0571 e. The third kappa shape index (κ3) is 5.06. The number of aliphatic hydroxyl groups is 1. The summed E-state index contributed by atoms with van der Waals surface area (Å²) in [6.45, 7) is 7.53. The first kappa shape index (κ1) is 14.5. The van der Waals surface area contributed by atoms with E-state index >= 15 is 0 Å². The fraction of sp³-hybridized carbons (Fsp3) is 0.615. The van der Waals surface area contributed by atoms with Crippen molar-refractivity contribution in [3.05, 3.63) is 24.0 Å². The van der Waals surface area contributed by atoms with Gasteiger partial charge in [-0.1, -0.05) is 13.8 Å². The zero-order valence-corrected chi connectivity index (χ0v) is 11.6. The first-order valence-electron chi connectivity index (χ1n) is 6.14. The van der Waals surface area contributed by atoms with Crippen LogP contribution in [-0.2, 0) is 0 Å². The summed E-state index contributed by atoms with van der Waals surface area (Å²) < 4.78 is 0. The molecular weight excluding hydrogens is 232 g/mol. The minimum Gasteiger partial charge on any atom is -0.396 e. The molecule has 0 aliphatic heterocycles. The molecule has 2 atom stereocenters. The Kier molecular flexibility index (Phi) is 6.55. The minimum atomic E-state index is 0.247. The van der Waals surface area contributed by atoms with Gasteiger partial charge in [0.1, 0.15) is 0 Å². The summed E-state index contributed by atoms with van der Waals surface area (Å²) in [5.74, 6) is 0. The molecule has 0 bridgehead atoms. The Balaban J connectivity index is 2.55. The van der Waals surface area contributed by atoms with Crippen molar-refractivity contribution >= 4 is 11.8 Å². The average molecular weight is 254 g/mol. The zero-order valence-electron chi connectivity index (χ0n) is 10.8. The molecular formula is C13H22N2OS. The van der Waals surface area contributed by atoms with Crippen molar-refractivity contribution < 1.29 is 5.11 Å². The van der Waals surface area contributed by atoms with Gasteiger partial charge in [0.15, 0.2) is 0 Å². The molecule has 1 aromatic heterocycles. The van der Waals surface area contributed by atoms with Crippen molar-refractivity contribution in [2.75, 3.05) is 13.2 Å². The Bertz CT molecular complexity index is 316. The Morgan fingerprint density at radius 1 is 1.41 bits per heavy atom. The standard InChI is InChI=1S/C13H22N2OS/c1-4-14-11(3)13-6-5-12(9-15-13)17-10(2)7-8-16/h5-6,9-11,14,16H,4,7-8H2,1-3H3. The molecule has 17 heavy (non-hydrogen) atoms. The van der Waals surface area contributed by atoms with E-state index in [1.54, 1.807) is 11.8 Å². The van der Waals surface area contributed by atoms with E-state index in [1.165, 1.54) is 4.90 Å². The second kappa shape index (κ2) is 7.69. The Labute approximate surface area is 108 Å². The molecule has 0 aliphatic rings. The monoisotopic (exact) mass is 254 g/mol. The van der Waals surface area contributed by atoms with E-state index < -0.39 is 0 Å². The molecule has 1 heterocycles. The lowest BCUT2D eigenvalue weighted by Crippen LogP contribution is -2.18. The molecule has 0 saturated carbocycles. The first-order valence-corrected chi connectivity index (χ1v) is 7.02. The van der Waals surface area contributed by atoms with Gasteiger partial charge >= 0.3 is 0 Å². The van der Waals surface area contributed by atoms with Crippen LogP contribution in [0.15, 0.2) is 23.2 Å². The molecule has 96 valence electrons. The van der Waals surface area contributed by atoms with E-state index in [0.29, 0.717) is 11.3 Å². The molecule has 1 rings (SSSR count). The van der Waals surface area contributed by atoms with E-state index in [4.69, 9.17) is 5.11 Å². The highest BCUT2D eigenvalue weighted by Crippen LogP contribution is 2.25. The molecule has 0 aromatic carbocycles. The molecule has 4 heteroatoms. The number of aliphatic hydroxyl groups excluding tert-OH is 1. The van der Waals surface area contributed by atoms with Gasteiger partial charge < -0.3 is 10.4 Å². The smallest absolute Gasteiger partial charge is 0.0571 e. The molecule has 2 unspecified atom stereocenters. The topological polar surface area (TPSA) is 45.1 Å². The summed E-state index contributed by atoms with van der Waals surface area (Å²) in [6, 6.07) is 4.48. The second-order valence-electron chi connectivity index (χ2n) is 4.14. The van der Waals surface area contributed by atoms with Crippen molar-refractivity contribution in [3.63, 3.8) is 0 Å². The normalized spacial score (nSPS) is 14.6. The summed E-state index contributed by atoms with van der Waals surface area (Å²) in [6.07, 6.45) is 2.74. The van der Waals surface area contributed by atoms with Crippen LogP contribution < -0.4 is 5.32 Å². The van der Waals surface area contributed by atoms with Crippen LogP contribution in [-0.4, -0.2) is 28.5 Å². The number of nitrogens with one attached hydrogen (secondary N) is 1. The quantitative estimate of drug-likeness (QED) is 0.734. The lowest BCUT2D eigenvalue weighted by atomic mass is 10.2. The van der Waals surface area contributed by atoms with Crippen molar-refractivity contribution in [1.29, 1.82) is 0 Å². The van der Waals surface area contributed by atoms with Crippen molar-refractivity contribution in [3.8, 4) is 0 Å². The van der Waals surface area contributed by atoms with Crippen LogP contribution in [0.5, 0.6) is 0 Å². The summed E-state index contributed by atoms with van der Waals surface area (Å²) >= 11 is 1.76. The Hall–Kier alpha value is -0.580. The van der Waals surface area contributed by atoms with Crippen LogP contribution in [0.1, 0.15) is 38.9 Å².